The van der Waals surface area contributed by atoms with Gasteiger partial charge >= 0.3 is 0 Å². The standard InChI is InChI=1S/C11H23N/c1-10(2)11(9-12-3)7-5-4-6-8-11/h10,12H,4-9H2,1-3H3. The van der Waals surface area contributed by atoms with Gasteiger partial charge in [0.15, 0.2) is 0 Å². The molecule has 1 aliphatic carbocycles. The normalized spacial score (nSPS) is 23.0. The van der Waals surface area contributed by atoms with Crippen molar-refractivity contribution in [3.8, 4) is 0 Å². The second kappa shape index (κ2) is 4.27. The molecule has 0 aromatic carbocycles. The maximum Gasteiger partial charge on any atom is 0.000725 e. The molecule has 0 aliphatic heterocycles. The fraction of sp³-hybridized carbons (Fsp3) is 1.00. The van der Waals surface area contributed by atoms with Gasteiger partial charge in [0.05, 0.1) is 0 Å². The summed E-state index contributed by atoms with van der Waals surface area (Å²) in [4.78, 5) is 0. The van der Waals surface area contributed by atoms with Gasteiger partial charge in [-0.05, 0) is 31.2 Å². The molecular weight excluding hydrogens is 146 g/mol. The lowest BCUT2D eigenvalue weighted by Gasteiger charge is -2.41. The van der Waals surface area contributed by atoms with Crippen LogP contribution in [0.1, 0.15) is 46.0 Å². The summed E-state index contributed by atoms with van der Waals surface area (Å²) < 4.78 is 0. The first kappa shape index (κ1) is 10.0. The van der Waals surface area contributed by atoms with E-state index in [1.54, 1.807) is 0 Å². The molecule has 0 aromatic heterocycles. The van der Waals surface area contributed by atoms with Crippen molar-refractivity contribution < 1.29 is 0 Å². The largest absolute Gasteiger partial charge is 0.319 e. The number of hydrogen-bond acceptors (Lipinski definition) is 1. The van der Waals surface area contributed by atoms with E-state index in [4.69, 9.17) is 0 Å². The Morgan fingerprint density at radius 1 is 1.17 bits per heavy atom. The van der Waals surface area contributed by atoms with E-state index >= 15 is 0 Å². The van der Waals surface area contributed by atoms with Gasteiger partial charge in [-0.1, -0.05) is 33.1 Å². The van der Waals surface area contributed by atoms with Gasteiger partial charge < -0.3 is 5.32 Å². The van der Waals surface area contributed by atoms with Crippen molar-refractivity contribution in [2.45, 2.75) is 46.0 Å². The van der Waals surface area contributed by atoms with Crippen LogP contribution in [-0.2, 0) is 0 Å². The monoisotopic (exact) mass is 169 g/mol. The molecule has 0 heterocycles. The quantitative estimate of drug-likeness (QED) is 0.685. The Kier molecular flexibility index (Phi) is 3.57. The maximum absolute atomic E-state index is 3.36. The molecule has 72 valence electrons. The molecular formula is C11H23N. The van der Waals surface area contributed by atoms with E-state index in [2.05, 4.69) is 26.2 Å². The highest BCUT2D eigenvalue weighted by molar-refractivity contribution is 4.86. The summed E-state index contributed by atoms with van der Waals surface area (Å²) >= 11 is 0. The van der Waals surface area contributed by atoms with Crippen LogP contribution in [0.25, 0.3) is 0 Å². The van der Waals surface area contributed by atoms with Crippen molar-refractivity contribution in [2.75, 3.05) is 13.6 Å². The van der Waals surface area contributed by atoms with Crippen molar-refractivity contribution in [2.24, 2.45) is 11.3 Å². The lowest BCUT2D eigenvalue weighted by Crippen LogP contribution is -2.38. The molecule has 12 heavy (non-hydrogen) atoms. The third kappa shape index (κ3) is 2.01. The first-order valence-electron chi connectivity index (χ1n) is 5.36. The summed E-state index contributed by atoms with van der Waals surface area (Å²) in [6, 6.07) is 0. The molecule has 1 aliphatic rings. The van der Waals surface area contributed by atoms with Gasteiger partial charge in [-0.25, -0.2) is 0 Å². The highest BCUT2D eigenvalue weighted by atomic mass is 14.8. The summed E-state index contributed by atoms with van der Waals surface area (Å²) in [6.45, 7) is 5.97. The van der Waals surface area contributed by atoms with Gasteiger partial charge in [0.2, 0.25) is 0 Å². The van der Waals surface area contributed by atoms with Crippen LogP contribution in [0, 0.1) is 11.3 Å². The molecule has 0 saturated heterocycles. The van der Waals surface area contributed by atoms with Crippen LogP contribution in [0.2, 0.25) is 0 Å². The molecule has 1 saturated carbocycles. The Bertz CT molecular complexity index is 117. The van der Waals surface area contributed by atoms with E-state index in [0.29, 0.717) is 5.41 Å². The molecule has 1 N–H and O–H groups in total. The van der Waals surface area contributed by atoms with Gasteiger partial charge in [-0.2, -0.15) is 0 Å². The topological polar surface area (TPSA) is 12.0 Å². The van der Waals surface area contributed by atoms with Gasteiger partial charge in [0, 0.05) is 6.54 Å². The predicted octanol–water partition coefficient (Wildman–Crippen LogP) is 2.81. The lowest BCUT2D eigenvalue weighted by molar-refractivity contribution is 0.118. The lowest BCUT2D eigenvalue weighted by atomic mass is 9.67. The number of hydrogen-bond donors (Lipinski definition) is 1. The molecule has 0 atom stereocenters. The molecule has 1 nitrogen and oxygen atoms in total. The van der Waals surface area contributed by atoms with Crippen molar-refractivity contribution in [3.05, 3.63) is 0 Å². The molecule has 0 aromatic rings. The van der Waals surface area contributed by atoms with Crippen LogP contribution < -0.4 is 5.32 Å². The third-order valence-electron chi connectivity index (χ3n) is 3.60. The molecule has 1 fully saturated rings. The van der Waals surface area contributed by atoms with Crippen LogP contribution in [0.3, 0.4) is 0 Å². The SMILES string of the molecule is CNCC1(C(C)C)CCCCC1. The van der Waals surface area contributed by atoms with E-state index in [1.165, 1.54) is 38.6 Å². The van der Waals surface area contributed by atoms with Crippen molar-refractivity contribution in [1.82, 2.24) is 5.32 Å². The fourth-order valence-electron chi connectivity index (χ4n) is 2.57. The van der Waals surface area contributed by atoms with E-state index in [9.17, 15) is 0 Å². The average Bonchev–Trinajstić information content (AvgIpc) is 2.06. The Hall–Kier alpha value is -0.0400. The summed E-state index contributed by atoms with van der Waals surface area (Å²) in [6.07, 6.45) is 7.22. The van der Waals surface area contributed by atoms with Crippen LogP contribution in [-0.4, -0.2) is 13.6 Å². The minimum atomic E-state index is 0.618. The zero-order chi connectivity index (χ0) is 9.03. The van der Waals surface area contributed by atoms with E-state index in [1.807, 2.05) is 0 Å². The number of rotatable bonds is 3. The van der Waals surface area contributed by atoms with E-state index < -0.39 is 0 Å². The molecule has 1 rings (SSSR count). The summed E-state index contributed by atoms with van der Waals surface area (Å²) in [5, 5.41) is 3.36. The Balaban J connectivity index is 2.56. The fourth-order valence-corrected chi connectivity index (χ4v) is 2.57. The molecule has 0 unspecified atom stereocenters. The first-order chi connectivity index (χ1) is 5.71. The van der Waals surface area contributed by atoms with Crippen molar-refractivity contribution in [1.29, 1.82) is 0 Å². The highest BCUT2D eigenvalue weighted by Crippen LogP contribution is 2.41. The van der Waals surface area contributed by atoms with E-state index in [-0.39, 0.29) is 0 Å². The second-order valence-corrected chi connectivity index (χ2v) is 4.61. The predicted molar refractivity (Wildman–Crippen MR) is 54.3 cm³/mol. The molecule has 0 spiro atoms. The van der Waals surface area contributed by atoms with Gasteiger partial charge in [0.25, 0.3) is 0 Å². The maximum atomic E-state index is 3.36. The van der Waals surface area contributed by atoms with Crippen LogP contribution in [0.4, 0.5) is 0 Å². The minimum Gasteiger partial charge on any atom is -0.319 e. The second-order valence-electron chi connectivity index (χ2n) is 4.61. The molecule has 0 radical (unpaired) electrons. The summed E-state index contributed by atoms with van der Waals surface area (Å²) in [7, 11) is 2.08. The van der Waals surface area contributed by atoms with Crippen LogP contribution >= 0.6 is 0 Å². The first-order valence-corrected chi connectivity index (χ1v) is 5.36. The number of nitrogens with one attached hydrogen (secondary N) is 1. The van der Waals surface area contributed by atoms with Gasteiger partial charge in [-0.3, -0.25) is 0 Å². The smallest absolute Gasteiger partial charge is 0.000725 e. The Morgan fingerprint density at radius 3 is 2.17 bits per heavy atom. The van der Waals surface area contributed by atoms with Crippen LogP contribution in [0.15, 0.2) is 0 Å². The molecule has 1 heteroatoms. The zero-order valence-electron chi connectivity index (χ0n) is 8.82. The average molecular weight is 169 g/mol. The van der Waals surface area contributed by atoms with Crippen molar-refractivity contribution in [3.63, 3.8) is 0 Å². The Labute approximate surface area is 76.9 Å². The summed E-state index contributed by atoms with van der Waals surface area (Å²) in [5.41, 5.74) is 0.618. The van der Waals surface area contributed by atoms with Crippen LogP contribution in [0.5, 0.6) is 0 Å². The van der Waals surface area contributed by atoms with Crippen molar-refractivity contribution >= 4 is 0 Å². The zero-order valence-corrected chi connectivity index (χ0v) is 8.82. The minimum absolute atomic E-state index is 0.618. The molecule has 0 bridgehead atoms. The highest BCUT2D eigenvalue weighted by Gasteiger charge is 2.33. The third-order valence-corrected chi connectivity index (χ3v) is 3.60. The van der Waals surface area contributed by atoms with Gasteiger partial charge in [0.1, 0.15) is 0 Å². The Morgan fingerprint density at radius 2 is 1.75 bits per heavy atom. The van der Waals surface area contributed by atoms with E-state index in [0.717, 1.165) is 5.92 Å². The summed E-state index contributed by atoms with van der Waals surface area (Å²) in [5.74, 6) is 0.838. The van der Waals surface area contributed by atoms with Gasteiger partial charge in [-0.15, -0.1) is 0 Å². The molecule has 0 amide bonds.